The van der Waals surface area contributed by atoms with Crippen molar-refractivity contribution in [2.24, 2.45) is 5.92 Å². The quantitative estimate of drug-likeness (QED) is 0.763. The number of nitrogens with zero attached hydrogens (tertiary/aromatic N) is 4. The van der Waals surface area contributed by atoms with Crippen LogP contribution >= 0.6 is 0 Å². The van der Waals surface area contributed by atoms with Gasteiger partial charge in [0.2, 0.25) is 5.88 Å². The number of hydrogen-bond donors (Lipinski definition) is 1. The first-order chi connectivity index (χ1) is 14.7. The highest BCUT2D eigenvalue weighted by Gasteiger charge is 2.28. The Morgan fingerprint density at radius 1 is 1.23 bits per heavy atom. The fourth-order valence-electron chi connectivity index (χ4n) is 3.88. The Morgan fingerprint density at radius 3 is 2.80 bits per heavy atom. The van der Waals surface area contributed by atoms with E-state index < -0.39 is 0 Å². The van der Waals surface area contributed by atoms with Gasteiger partial charge in [0.15, 0.2) is 0 Å². The van der Waals surface area contributed by atoms with Crippen LogP contribution in [0.3, 0.4) is 0 Å². The summed E-state index contributed by atoms with van der Waals surface area (Å²) in [5.74, 6) is 0.621. The van der Waals surface area contributed by atoms with Crippen LogP contribution in [-0.4, -0.2) is 70.9 Å². The third kappa shape index (κ3) is 4.46. The molecule has 0 unspecified atom stereocenters. The van der Waals surface area contributed by atoms with Crippen LogP contribution in [0.2, 0.25) is 0 Å². The Hall–Kier alpha value is -2.94. The first-order valence-electron chi connectivity index (χ1n) is 10.4. The van der Waals surface area contributed by atoms with Gasteiger partial charge in [0.1, 0.15) is 0 Å². The molecule has 0 aromatic carbocycles. The molecule has 2 aromatic rings. The largest absolute Gasteiger partial charge is 0.478 e. The molecule has 1 saturated heterocycles. The molecule has 2 amide bonds. The van der Waals surface area contributed by atoms with Gasteiger partial charge in [-0.2, -0.15) is 5.10 Å². The monoisotopic (exact) mass is 413 g/mol. The van der Waals surface area contributed by atoms with Gasteiger partial charge in [0.05, 0.1) is 42.8 Å². The molecule has 0 bridgehead atoms. The fourth-order valence-corrected chi connectivity index (χ4v) is 3.88. The highest BCUT2D eigenvalue weighted by Crippen LogP contribution is 2.24. The number of aromatic nitrogens is 3. The van der Waals surface area contributed by atoms with Gasteiger partial charge in [-0.25, -0.2) is 4.98 Å². The lowest BCUT2D eigenvalue weighted by molar-refractivity contribution is 0.0301. The number of morpholine rings is 1. The van der Waals surface area contributed by atoms with Crippen molar-refractivity contribution in [2.45, 2.75) is 26.3 Å². The summed E-state index contributed by atoms with van der Waals surface area (Å²) in [6, 6.07) is 3.41. The van der Waals surface area contributed by atoms with Crippen molar-refractivity contribution < 1.29 is 19.1 Å². The molecule has 9 heteroatoms. The zero-order valence-corrected chi connectivity index (χ0v) is 17.2. The Balaban J connectivity index is 1.35. The summed E-state index contributed by atoms with van der Waals surface area (Å²) in [5.41, 5.74) is 2.13. The summed E-state index contributed by atoms with van der Waals surface area (Å²) in [6.07, 6.45) is 4.82. The van der Waals surface area contributed by atoms with Crippen LogP contribution in [0.1, 0.15) is 39.8 Å². The van der Waals surface area contributed by atoms with Crippen LogP contribution in [0.4, 0.5) is 0 Å². The normalized spacial score (nSPS) is 18.6. The van der Waals surface area contributed by atoms with E-state index in [0.717, 1.165) is 18.7 Å². The van der Waals surface area contributed by atoms with E-state index in [4.69, 9.17) is 9.47 Å². The number of fused-ring (bicyclic) bond motifs is 1. The minimum Gasteiger partial charge on any atom is -0.478 e. The summed E-state index contributed by atoms with van der Waals surface area (Å²) in [7, 11) is 0. The summed E-state index contributed by atoms with van der Waals surface area (Å²) >= 11 is 0. The standard InChI is InChI=1S/C21H27N5O4/c1-2-30-19-4-3-16(13-22-19)20(27)23-12-15-5-6-26-18(11-15)17(14-24-26)21(28)25-7-9-29-10-8-25/h3-4,13-15H,2,5-12H2,1H3,(H,23,27)/t15-/m0/s1. The van der Waals surface area contributed by atoms with E-state index in [9.17, 15) is 9.59 Å². The Morgan fingerprint density at radius 2 is 2.07 bits per heavy atom. The first-order valence-corrected chi connectivity index (χ1v) is 10.4. The summed E-state index contributed by atoms with van der Waals surface area (Å²) in [5, 5.41) is 7.40. The molecule has 160 valence electrons. The molecular weight excluding hydrogens is 386 g/mol. The molecule has 2 aliphatic heterocycles. The molecule has 4 rings (SSSR count). The summed E-state index contributed by atoms with van der Waals surface area (Å²) in [6.45, 7) is 6.08. The zero-order valence-electron chi connectivity index (χ0n) is 17.2. The second kappa shape index (κ2) is 9.25. The Labute approximate surface area is 175 Å². The van der Waals surface area contributed by atoms with E-state index in [2.05, 4.69) is 15.4 Å². The SMILES string of the molecule is CCOc1ccc(C(=O)NC[C@H]2CCn3ncc(C(=O)N4CCOCC4)c3C2)cn1. The molecule has 30 heavy (non-hydrogen) atoms. The van der Waals surface area contributed by atoms with Crippen LogP contribution in [0.5, 0.6) is 5.88 Å². The van der Waals surface area contributed by atoms with Gasteiger partial charge in [-0.05, 0) is 31.7 Å². The molecule has 1 fully saturated rings. The van der Waals surface area contributed by atoms with E-state index in [0.29, 0.717) is 62.9 Å². The van der Waals surface area contributed by atoms with Crippen LogP contribution < -0.4 is 10.1 Å². The van der Waals surface area contributed by atoms with Gasteiger partial charge in [-0.1, -0.05) is 0 Å². The molecule has 1 N–H and O–H groups in total. The fraction of sp³-hybridized carbons (Fsp3) is 0.524. The number of carbonyl (C=O) groups is 2. The molecule has 0 spiro atoms. The number of nitrogens with one attached hydrogen (secondary N) is 1. The number of rotatable bonds is 6. The van der Waals surface area contributed by atoms with Crippen LogP contribution in [0, 0.1) is 5.92 Å². The molecule has 2 aromatic heterocycles. The molecular formula is C21H27N5O4. The molecule has 0 saturated carbocycles. The highest BCUT2D eigenvalue weighted by atomic mass is 16.5. The predicted octanol–water partition coefficient (Wildman–Crippen LogP) is 1.14. The molecule has 0 aliphatic carbocycles. The van der Waals surface area contributed by atoms with Crippen LogP contribution in [0.15, 0.2) is 24.5 Å². The Bertz CT molecular complexity index is 889. The number of aryl methyl sites for hydroxylation is 1. The van der Waals surface area contributed by atoms with Crippen molar-refractivity contribution in [3.8, 4) is 5.88 Å². The summed E-state index contributed by atoms with van der Waals surface area (Å²) < 4.78 is 12.6. The lowest BCUT2D eigenvalue weighted by Gasteiger charge is -2.28. The minimum absolute atomic E-state index is 0.0182. The topological polar surface area (TPSA) is 98.6 Å². The molecule has 1 atom stereocenters. The van der Waals surface area contributed by atoms with Crippen molar-refractivity contribution in [3.63, 3.8) is 0 Å². The summed E-state index contributed by atoms with van der Waals surface area (Å²) in [4.78, 5) is 31.3. The van der Waals surface area contributed by atoms with E-state index >= 15 is 0 Å². The van der Waals surface area contributed by atoms with Crippen molar-refractivity contribution in [1.82, 2.24) is 25.0 Å². The first kappa shape index (κ1) is 20.3. The van der Waals surface area contributed by atoms with E-state index in [1.54, 1.807) is 18.3 Å². The zero-order chi connectivity index (χ0) is 20.9. The maximum Gasteiger partial charge on any atom is 0.257 e. The number of hydrogen-bond acceptors (Lipinski definition) is 6. The van der Waals surface area contributed by atoms with Gasteiger partial charge in [0.25, 0.3) is 11.8 Å². The third-order valence-corrected chi connectivity index (χ3v) is 5.55. The van der Waals surface area contributed by atoms with E-state index in [-0.39, 0.29) is 17.7 Å². The van der Waals surface area contributed by atoms with Crippen molar-refractivity contribution >= 4 is 11.8 Å². The highest BCUT2D eigenvalue weighted by molar-refractivity contribution is 5.95. The van der Waals surface area contributed by atoms with Crippen molar-refractivity contribution in [3.05, 3.63) is 41.3 Å². The van der Waals surface area contributed by atoms with E-state index in [1.807, 2.05) is 16.5 Å². The van der Waals surface area contributed by atoms with Crippen LogP contribution in [0.25, 0.3) is 0 Å². The molecule has 4 heterocycles. The van der Waals surface area contributed by atoms with E-state index in [1.165, 1.54) is 6.20 Å². The molecule has 9 nitrogen and oxygen atoms in total. The molecule has 2 aliphatic rings. The second-order valence-corrected chi connectivity index (χ2v) is 7.52. The minimum atomic E-state index is -0.158. The smallest absolute Gasteiger partial charge is 0.257 e. The number of ether oxygens (including phenoxy) is 2. The van der Waals surface area contributed by atoms with Gasteiger partial charge < -0.3 is 19.7 Å². The van der Waals surface area contributed by atoms with Crippen LogP contribution in [-0.2, 0) is 17.7 Å². The number of carbonyl (C=O) groups excluding carboxylic acids is 2. The van der Waals surface area contributed by atoms with Gasteiger partial charge in [0, 0.05) is 38.4 Å². The maximum absolute atomic E-state index is 12.9. The average Bonchev–Trinajstić information content (AvgIpc) is 3.21. The Kier molecular flexibility index (Phi) is 6.27. The van der Waals surface area contributed by atoms with Gasteiger partial charge in [-0.15, -0.1) is 0 Å². The van der Waals surface area contributed by atoms with Gasteiger partial charge >= 0.3 is 0 Å². The second-order valence-electron chi connectivity index (χ2n) is 7.52. The number of pyridine rings is 1. The lowest BCUT2D eigenvalue weighted by Crippen LogP contribution is -2.41. The van der Waals surface area contributed by atoms with Crippen molar-refractivity contribution in [2.75, 3.05) is 39.5 Å². The predicted molar refractivity (Wildman–Crippen MR) is 108 cm³/mol. The number of amides is 2. The third-order valence-electron chi connectivity index (χ3n) is 5.55. The lowest BCUT2D eigenvalue weighted by atomic mass is 9.94. The van der Waals surface area contributed by atoms with Crippen molar-refractivity contribution in [1.29, 1.82) is 0 Å². The van der Waals surface area contributed by atoms with Gasteiger partial charge in [-0.3, -0.25) is 14.3 Å². The maximum atomic E-state index is 12.9. The average molecular weight is 413 g/mol. The molecule has 0 radical (unpaired) electrons.